The van der Waals surface area contributed by atoms with Crippen molar-refractivity contribution in [2.45, 2.75) is 17.6 Å². The van der Waals surface area contributed by atoms with Gasteiger partial charge >= 0.3 is 0 Å². The van der Waals surface area contributed by atoms with Crippen LogP contribution in [0.15, 0.2) is 0 Å². The zero-order valence-electron chi connectivity index (χ0n) is 8.82. The standard InChI is InChI=1S/C9H16N2O3S/c1-15(13,14)9(2-3-9)8(12)11-6-4-10-5-7-11/h10H,2-7H2,1H3. The Morgan fingerprint density at radius 2 is 1.80 bits per heavy atom. The molecule has 2 fully saturated rings. The summed E-state index contributed by atoms with van der Waals surface area (Å²) in [5, 5.41) is 3.14. The maximum absolute atomic E-state index is 12.0. The monoisotopic (exact) mass is 232 g/mol. The van der Waals surface area contributed by atoms with Gasteiger partial charge in [-0.3, -0.25) is 4.79 Å². The van der Waals surface area contributed by atoms with Crippen molar-refractivity contribution in [2.75, 3.05) is 32.4 Å². The van der Waals surface area contributed by atoms with Crippen LogP contribution < -0.4 is 5.32 Å². The molecule has 0 unspecified atom stereocenters. The van der Waals surface area contributed by atoms with Crippen LogP contribution in [0.1, 0.15) is 12.8 Å². The Morgan fingerprint density at radius 1 is 1.27 bits per heavy atom. The number of hydrogen-bond donors (Lipinski definition) is 1. The van der Waals surface area contributed by atoms with Crippen LogP contribution in [0.25, 0.3) is 0 Å². The lowest BCUT2D eigenvalue weighted by molar-refractivity contribution is -0.132. The van der Waals surface area contributed by atoms with Crippen LogP contribution in [0.2, 0.25) is 0 Å². The Morgan fingerprint density at radius 3 is 2.20 bits per heavy atom. The number of hydrogen-bond acceptors (Lipinski definition) is 4. The normalized spacial score (nSPS) is 25.0. The molecule has 0 aromatic heterocycles. The third-order valence-corrected chi connectivity index (χ3v) is 5.21. The molecule has 0 atom stereocenters. The van der Waals surface area contributed by atoms with Crippen molar-refractivity contribution >= 4 is 15.7 Å². The first kappa shape index (κ1) is 10.9. The summed E-state index contributed by atoms with van der Waals surface area (Å²) in [7, 11) is -3.25. The average molecular weight is 232 g/mol. The summed E-state index contributed by atoms with van der Waals surface area (Å²) >= 11 is 0. The van der Waals surface area contributed by atoms with Crippen molar-refractivity contribution in [1.82, 2.24) is 10.2 Å². The molecular weight excluding hydrogens is 216 g/mol. The number of rotatable bonds is 2. The fourth-order valence-electron chi connectivity index (χ4n) is 2.01. The molecule has 1 N–H and O–H groups in total. The van der Waals surface area contributed by atoms with E-state index in [-0.39, 0.29) is 5.91 Å². The van der Waals surface area contributed by atoms with Gasteiger partial charge in [-0.25, -0.2) is 8.42 Å². The van der Waals surface area contributed by atoms with E-state index in [1.54, 1.807) is 4.90 Å². The molecule has 1 saturated heterocycles. The van der Waals surface area contributed by atoms with Crippen molar-refractivity contribution in [1.29, 1.82) is 0 Å². The van der Waals surface area contributed by atoms with Crippen molar-refractivity contribution in [3.05, 3.63) is 0 Å². The number of amides is 1. The molecule has 15 heavy (non-hydrogen) atoms. The van der Waals surface area contributed by atoms with E-state index in [0.29, 0.717) is 25.9 Å². The van der Waals surface area contributed by atoms with Crippen molar-refractivity contribution in [2.24, 2.45) is 0 Å². The van der Waals surface area contributed by atoms with Crippen LogP contribution in [0, 0.1) is 0 Å². The largest absolute Gasteiger partial charge is 0.339 e. The molecule has 1 saturated carbocycles. The third kappa shape index (κ3) is 1.76. The smallest absolute Gasteiger partial charge is 0.244 e. The SMILES string of the molecule is CS(=O)(=O)C1(C(=O)N2CCNCC2)CC1. The van der Waals surface area contributed by atoms with E-state index in [0.717, 1.165) is 13.1 Å². The first-order chi connectivity index (χ1) is 6.97. The molecule has 1 heterocycles. The van der Waals surface area contributed by atoms with Crippen molar-refractivity contribution in [3.63, 3.8) is 0 Å². The summed E-state index contributed by atoms with van der Waals surface area (Å²) in [6.45, 7) is 2.75. The molecule has 2 rings (SSSR count). The number of piperazine rings is 1. The quantitative estimate of drug-likeness (QED) is 0.663. The first-order valence-electron chi connectivity index (χ1n) is 5.17. The molecule has 2 aliphatic rings. The minimum atomic E-state index is -3.25. The molecule has 86 valence electrons. The predicted molar refractivity (Wildman–Crippen MR) is 56.3 cm³/mol. The topological polar surface area (TPSA) is 66.5 Å². The van der Waals surface area contributed by atoms with E-state index in [1.165, 1.54) is 6.26 Å². The van der Waals surface area contributed by atoms with E-state index >= 15 is 0 Å². The summed E-state index contributed by atoms with van der Waals surface area (Å²) in [4.78, 5) is 13.7. The van der Waals surface area contributed by atoms with Crippen LogP contribution in [-0.4, -0.2) is 56.4 Å². The van der Waals surface area contributed by atoms with Gasteiger partial charge in [0.05, 0.1) is 0 Å². The summed E-state index contributed by atoms with van der Waals surface area (Å²) in [6.07, 6.45) is 2.16. The molecule has 1 amide bonds. The lowest BCUT2D eigenvalue weighted by Gasteiger charge is -2.30. The second-order valence-corrected chi connectivity index (χ2v) is 6.63. The molecule has 0 bridgehead atoms. The number of carbonyl (C=O) groups excluding carboxylic acids is 1. The number of sulfone groups is 1. The molecule has 5 nitrogen and oxygen atoms in total. The van der Waals surface area contributed by atoms with Gasteiger partial charge in [-0.15, -0.1) is 0 Å². The van der Waals surface area contributed by atoms with Crippen LogP contribution in [0.4, 0.5) is 0 Å². The maximum atomic E-state index is 12.0. The first-order valence-corrected chi connectivity index (χ1v) is 7.06. The molecule has 0 aromatic carbocycles. The third-order valence-electron chi connectivity index (χ3n) is 3.21. The Labute approximate surface area is 89.7 Å². The van der Waals surface area contributed by atoms with Crippen LogP contribution in [-0.2, 0) is 14.6 Å². The second kappa shape index (κ2) is 3.45. The van der Waals surface area contributed by atoms with E-state index in [1.807, 2.05) is 0 Å². The summed E-state index contributed by atoms with van der Waals surface area (Å²) < 4.78 is 22.0. The highest BCUT2D eigenvalue weighted by molar-refractivity contribution is 7.93. The summed E-state index contributed by atoms with van der Waals surface area (Å²) in [6, 6.07) is 0. The Balaban J connectivity index is 2.14. The molecular formula is C9H16N2O3S. The van der Waals surface area contributed by atoms with Crippen molar-refractivity contribution < 1.29 is 13.2 Å². The van der Waals surface area contributed by atoms with Crippen molar-refractivity contribution in [3.8, 4) is 0 Å². The Hall–Kier alpha value is -0.620. The van der Waals surface area contributed by atoms with E-state index in [2.05, 4.69) is 5.32 Å². The Bertz CT molecular complexity index is 367. The minimum absolute atomic E-state index is 0.188. The highest BCUT2D eigenvalue weighted by Gasteiger charge is 2.60. The highest BCUT2D eigenvalue weighted by atomic mass is 32.2. The zero-order valence-corrected chi connectivity index (χ0v) is 9.64. The highest BCUT2D eigenvalue weighted by Crippen LogP contribution is 2.44. The predicted octanol–water partition coefficient (Wildman–Crippen LogP) is -1.00. The van der Waals surface area contributed by atoms with Crippen LogP contribution in [0.3, 0.4) is 0 Å². The van der Waals surface area contributed by atoms with Gasteiger partial charge in [-0.05, 0) is 12.8 Å². The number of nitrogens with zero attached hydrogens (tertiary/aromatic N) is 1. The van der Waals surface area contributed by atoms with E-state index < -0.39 is 14.6 Å². The van der Waals surface area contributed by atoms with Crippen LogP contribution in [0.5, 0.6) is 0 Å². The molecule has 0 aromatic rings. The zero-order chi connectivity index (χ0) is 11.1. The molecule has 1 aliphatic carbocycles. The van der Waals surface area contributed by atoms with Gasteiger partial charge in [-0.2, -0.15) is 0 Å². The lowest BCUT2D eigenvalue weighted by atomic mass is 10.3. The van der Waals surface area contributed by atoms with Crippen LogP contribution >= 0.6 is 0 Å². The Kier molecular flexibility index (Phi) is 2.50. The molecule has 0 spiro atoms. The maximum Gasteiger partial charge on any atom is 0.244 e. The van der Waals surface area contributed by atoms with Gasteiger partial charge in [0.25, 0.3) is 0 Å². The van der Waals surface area contributed by atoms with Gasteiger partial charge in [0, 0.05) is 32.4 Å². The average Bonchev–Trinajstić information content (AvgIpc) is 2.98. The van der Waals surface area contributed by atoms with Gasteiger partial charge < -0.3 is 10.2 Å². The fraction of sp³-hybridized carbons (Fsp3) is 0.889. The summed E-state index contributed by atoms with van der Waals surface area (Å²) in [5.41, 5.74) is 0. The second-order valence-electron chi connectivity index (χ2n) is 4.31. The molecule has 0 radical (unpaired) electrons. The van der Waals surface area contributed by atoms with Gasteiger partial charge in [0.1, 0.15) is 0 Å². The number of carbonyl (C=O) groups is 1. The lowest BCUT2D eigenvalue weighted by Crippen LogP contribution is -2.52. The van der Waals surface area contributed by atoms with E-state index in [4.69, 9.17) is 0 Å². The summed E-state index contributed by atoms with van der Waals surface area (Å²) in [5.74, 6) is -0.188. The van der Waals surface area contributed by atoms with E-state index in [9.17, 15) is 13.2 Å². The fourth-order valence-corrected chi connectivity index (χ4v) is 3.30. The molecule has 6 heteroatoms. The van der Waals surface area contributed by atoms with Gasteiger partial charge in [0.2, 0.25) is 5.91 Å². The van der Waals surface area contributed by atoms with Gasteiger partial charge in [0.15, 0.2) is 14.6 Å². The number of nitrogens with one attached hydrogen (secondary N) is 1. The minimum Gasteiger partial charge on any atom is -0.339 e. The molecule has 1 aliphatic heterocycles. The van der Waals surface area contributed by atoms with Gasteiger partial charge in [-0.1, -0.05) is 0 Å².